The number of hydrogen-bond acceptors (Lipinski definition) is 7. The Morgan fingerprint density at radius 3 is 2.10 bits per heavy atom. The van der Waals surface area contributed by atoms with Crippen LogP contribution in [0.15, 0.2) is 97.1 Å². The van der Waals surface area contributed by atoms with Crippen LogP contribution in [-0.4, -0.2) is 56.5 Å². The summed E-state index contributed by atoms with van der Waals surface area (Å²) in [5.74, 6) is -0.609. The van der Waals surface area contributed by atoms with E-state index in [1.807, 2.05) is 98.9 Å². The van der Waals surface area contributed by atoms with Crippen molar-refractivity contribution in [1.29, 1.82) is 0 Å². The van der Waals surface area contributed by atoms with Gasteiger partial charge in [0.15, 0.2) is 0 Å². The number of fused-ring (bicyclic) bond motifs is 5. The third kappa shape index (κ3) is 9.78. The topological polar surface area (TPSA) is 118 Å². The minimum atomic E-state index is -0.969. The number of ether oxygens (including phenoxy) is 2. The van der Waals surface area contributed by atoms with Crippen molar-refractivity contribution in [2.75, 3.05) is 20.6 Å². The van der Waals surface area contributed by atoms with Crippen LogP contribution in [0.3, 0.4) is 0 Å². The predicted molar refractivity (Wildman–Crippen MR) is 191 cm³/mol. The molecule has 4 N–H and O–H groups in total. The third-order valence-corrected chi connectivity index (χ3v) is 8.87. The molecule has 1 aliphatic heterocycles. The molecule has 4 bridgehead atoms. The molecule has 0 fully saturated rings. The van der Waals surface area contributed by atoms with Crippen LogP contribution in [0.2, 0.25) is 0 Å². The summed E-state index contributed by atoms with van der Waals surface area (Å²) in [6, 6.07) is 29.0. The van der Waals surface area contributed by atoms with Crippen LogP contribution in [0.5, 0.6) is 5.75 Å². The molecule has 4 aromatic carbocycles. The lowest BCUT2D eigenvalue weighted by atomic mass is 9.93. The number of hydrogen-bond donors (Lipinski definition) is 4. The Bertz CT molecular complexity index is 1710. The van der Waals surface area contributed by atoms with Crippen LogP contribution in [0.1, 0.15) is 40.7 Å². The van der Waals surface area contributed by atoms with Crippen LogP contribution in [0.25, 0.3) is 11.1 Å². The summed E-state index contributed by atoms with van der Waals surface area (Å²) in [6.07, 6.45) is 1.58. The fourth-order valence-corrected chi connectivity index (χ4v) is 5.95. The van der Waals surface area contributed by atoms with Crippen molar-refractivity contribution in [2.24, 2.45) is 0 Å². The molecule has 0 spiro atoms. The molecule has 0 saturated heterocycles. The van der Waals surface area contributed by atoms with E-state index in [4.69, 9.17) is 9.47 Å². The Hall–Kier alpha value is -4.99. The molecule has 256 valence electrons. The molecule has 0 aliphatic carbocycles. The molecule has 1 aliphatic rings. The van der Waals surface area contributed by atoms with Gasteiger partial charge in [0, 0.05) is 12.8 Å². The van der Waals surface area contributed by atoms with Crippen LogP contribution < -0.4 is 26.0 Å². The fourth-order valence-electron chi connectivity index (χ4n) is 5.95. The number of esters is 1. The van der Waals surface area contributed by atoms with E-state index < -0.39 is 30.0 Å². The monoisotopic (exact) mass is 662 g/mol. The normalized spacial score (nSPS) is 18.0. The highest BCUT2D eigenvalue weighted by Gasteiger charge is 2.30. The van der Waals surface area contributed by atoms with Gasteiger partial charge in [0.1, 0.15) is 31.0 Å². The minimum absolute atomic E-state index is 0.0821. The number of carbonyl (C=O) groups excluding carboxylic acids is 3. The van der Waals surface area contributed by atoms with Gasteiger partial charge in [0.05, 0.1) is 6.04 Å². The largest absolute Gasteiger partial charge is 0.489 e. The van der Waals surface area contributed by atoms with Gasteiger partial charge in [-0.3, -0.25) is 9.59 Å². The van der Waals surface area contributed by atoms with Crippen LogP contribution in [-0.2, 0) is 45.2 Å². The lowest BCUT2D eigenvalue weighted by Crippen LogP contribution is -2.55. The highest BCUT2D eigenvalue weighted by atomic mass is 16.5. The van der Waals surface area contributed by atoms with E-state index in [-0.39, 0.29) is 18.9 Å². The first-order valence-corrected chi connectivity index (χ1v) is 16.9. The second-order valence-electron chi connectivity index (χ2n) is 12.4. The zero-order chi connectivity index (χ0) is 34.6. The summed E-state index contributed by atoms with van der Waals surface area (Å²) in [5.41, 5.74) is 6.53. The van der Waals surface area contributed by atoms with Gasteiger partial charge in [-0.1, -0.05) is 84.9 Å². The second kappa shape index (κ2) is 17.4. The Morgan fingerprint density at radius 1 is 0.776 bits per heavy atom. The molecule has 3 atom stereocenters. The molecule has 4 aromatic rings. The summed E-state index contributed by atoms with van der Waals surface area (Å²) >= 11 is 0. The van der Waals surface area contributed by atoms with Gasteiger partial charge in [-0.05, 0) is 91.5 Å². The first-order valence-electron chi connectivity index (χ1n) is 16.9. The van der Waals surface area contributed by atoms with Crippen molar-refractivity contribution in [3.05, 3.63) is 125 Å². The molecule has 1 heterocycles. The molecule has 9 heteroatoms. The van der Waals surface area contributed by atoms with Crippen LogP contribution in [0.4, 0.5) is 0 Å². The van der Waals surface area contributed by atoms with Gasteiger partial charge in [-0.15, -0.1) is 0 Å². The molecule has 9 nitrogen and oxygen atoms in total. The molecule has 2 amide bonds. The van der Waals surface area contributed by atoms with E-state index in [0.717, 1.165) is 38.9 Å². The number of aryl methyl sites for hydroxylation is 1. The van der Waals surface area contributed by atoms with Gasteiger partial charge in [0.2, 0.25) is 11.8 Å². The highest BCUT2D eigenvalue weighted by molar-refractivity contribution is 5.92. The zero-order valence-corrected chi connectivity index (χ0v) is 28.5. The second-order valence-corrected chi connectivity index (χ2v) is 12.4. The lowest BCUT2D eigenvalue weighted by Gasteiger charge is -2.25. The van der Waals surface area contributed by atoms with Gasteiger partial charge < -0.3 is 30.7 Å². The van der Waals surface area contributed by atoms with Crippen molar-refractivity contribution in [1.82, 2.24) is 21.3 Å². The van der Waals surface area contributed by atoms with Crippen LogP contribution in [0, 0.1) is 6.92 Å². The van der Waals surface area contributed by atoms with Gasteiger partial charge in [0.25, 0.3) is 0 Å². The van der Waals surface area contributed by atoms with Gasteiger partial charge in [-0.2, -0.15) is 0 Å². The number of benzene rings is 4. The van der Waals surface area contributed by atoms with E-state index >= 15 is 0 Å². The van der Waals surface area contributed by atoms with E-state index in [1.54, 1.807) is 7.05 Å². The maximum absolute atomic E-state index is 13.9. The van der Waals surface area contributed by atoms with E-state index in [1.165, 1.54) is 0 Å². The average molecular weight is 663 g/mol. The number of likely N-dealkylation sites (N-methyl/N-ethyl adjacent to an activating group) is 1. The maximum Gasteiger partial charge on any atom is 0.329 e. The number of nitrogens with one attached hydrogen (secondary N) is 4. The number of carbonyl (C=O) groups is 3. The maximum atomic E-state index is 13.9. The SMILES string of the molecule is CNCCC[C@@H]1NC(=O)[C@@H](NC)Cc2cc(ccc2OCc2ccccc2)-c2ccc(C)c(c2)C[C@@H](C(=O)OCc2ccccc2)NC1=O. The van der Waals surface area contributed by atoms with E-state index in [0.29, 0.717) is 38.2 Å². The molecule has 0 saturated carbocycles. The molecular weight excluding hydrogens is 616 g/mol. The first kappa shape index (κ1) is 35.3. The lowest BCUT2D eigenvalue weighted by molar-refractivity contribution is -0.149. The Balaban J connectivity index is 1.52. The molecule has 5 rings (SSSR count). The molecule has 0 aromatic heterocycles. The van der Waals surface area contributed by atoms with Crippen molar-refractivity contribution in [3.8, 4) is 16.9 Å². The van der Waals surface area contributed by atoms with Crippen molar-refractivity contribution in [3.63, 3.8) is 0 Å². The standard InChI is InChI=1S/C40H46N4O5/c1-27-16-17-30-21-32(27)23-36(40(47)49-26-29-13-8-5-9-14-29)44-38(45)34(15-10-20-41-2)43-39(46)35(42-3)24-33-22-31(30)18-19-37(33)48-25-28-11-6-4-7-12-28/h4-9,11-14,16-19,21-22,34-36,41-42H,10,15,20,23-26H2,1-3H3,(H,43,46)(H,44,45)/t34-,35-,36-/m0/s1. The fraction of sp³-hybridized carbons (Fsp3) is 0.325. The Kier molecular flexibility index (Phi) is 12.6. The Morgan fingerprint density at radius 2 is 1.43 bits per heavy atom. The first-order chi connectivity index (χ1) is 23.8. The van der Waals surface area contributed by atoms with E-state index in [2.05, 4.69) is 33.4 Å². The van der Waals surface area contributed by atoms with Crippen molar-refractivity contribution >= 4 is 17.8 Å². The predicted octanol–water partition coefficient (Wildman–Crippen LogP) is 4.64. The van der Waals surface area contributed by atoms with E-state index in [9.17, 15) is 14.4 Å². The zero-order valence-electron chi connectivity index (χ0n) is 28.5. The van der Waals surface area contributed by atoms with Crippen molar-refractivity contribution < 1.29 is 23.9 Å². The molecular formula is C40H46N4O5. The molecule has 0 unspecified atom stereocenters. The minimum Gasteiger partial charge on any atom is -0.489 e. The summed E-state index contributed by atoms with van der Waals surface area (Å²) in [5, 5.41) is 12.2. The quantitative estimate of drug-likeness (QED) is 0.137. The number of amides is 2. The van der Waals surface area contributed by atoms with Crippen LogP contribution >= 0.6 is 0 Å². The summed E-state index contributed by atoms with van der Waals surface area (Å²) in [6.45, 7) is 3.12. The molecule has 0 radical (unpaired) electrons. The van der Waals surface area contributed by atoms with Gasteiger partial charge >= 0.3 is 5.97 Å². The summed E-state index contributed by atoms with van der Waals surface area (Å²) in [4.78, 5) is 41.4. The van der Waals surface area contributed by atoms with Gasteiger partial charge in [-0.25, -0.2) is 4.79 Å². The molecule has 49 heavy (non-hydrogen) atoms. The Labute approximate surface area is 288 Å². The third-order valence-electron chi connectivity index (χ3n) is 8.87. The highest BCUT2D eigenvalue weighted by Crippen LogP contribution is 2.30. The summed E-state index contributed by atoms with van der Waals surface area (Å²) in [7, 11) is 3.57. The number of rotatable bonds is 11. The average Bonchev–Trinajstić information content (AvgIpc) is 3.12. The van der Waals surface area contributed by atoms with Crippen molar-refractivity contribution in [2.45, 2.75) is 63.9 Å². The smallest absolute Gasteiger partial charge is 0.329 e. The summed E-state index contributed by atoms with van der Waals surface area (Å²) < 4.78 is 12.0.